The number of hydrogen-bond donors (Lipinski definition) is 0. The molecule has 0 fully saturated rings. The zero-order valence-corrected chi connectivity index (χ0v) is 17.4. The van der Waals surface area contributed by atoms with Crippen LogP contribution in [-0.2, 0) is 0 Å². The SMILES string of the molecule is C=C1C(C=Nc2ccccc2-c2nc3ccccc3s2)C(C)=NN1c1ccccc1. The Labute approximate surface area is 179 Å². The normalized spacial score (nSPS) is 16.6. The van der Waals surface area contributed by atoms with Crippen molar-refractivity contribution in [3.63, 3.8) is 0 Å². The highest BCUT2D eigenvalue weighted by Crippen LogP contribution is 2.36. The van der Waals surface area contributed by atoms with Gasteiger partial charge in [0.15, 0.2) is 0 Å². The minimum absolute atomic E-state index is 0.0337. The summed E-state index contributed by atoms with van der Waals surface area (Å²) in [5.74, 6) is -0.0337. The number of hydrogen-bond acceptors (Lipinski definition) is 5. The maximum Gasteiger partial charge on any atom is 0.126 e. The molecular weight excluding hydrogens is 388 g/mol. The fraction of sp³-hybridized carbons (Fsp3) is 0.0800. The van der Waals surface area contributed by atoms with E-state index in [0.29, 0.717) is 0 Å². The van der Waals surface area contributed by atoms with Crippen molar-refractivity contribution < 1.29 is 0 Å². The first-order valence-corrected chi connectivity index (χ1v) is 10.6. The van der Waals surface area contributed by atoms with Crippen LogP contribution in [0.25, 0.3) is 20.8 Å². The molecule has 5 rings (SSSR count). The van der Waals surface area contributed by atoms with E-state index in [-0.39, 0.29) is 5.92 Å². The molecule has 0 saturated heterocycles. The highest BCUT2D eigenvalue weighted by Gasteiger charge is 2.27. The summed E-state index contributed by atoms with van der Waals surface area (Å²) in [7, 11) is 0. The van der Waals surface area contributed by atoms with Crippen molar-refractivity contribution in [1.29, 1.82) is 0 Å². The van der Waals surface area contributed by atoms with E-state index in [1.54, 1.807) is 11.3 Å². The van der Waals surface area contributed by atoms with E-state index in [1.807, 2.05) is 84.9 Å². The summed E-state index contributed by atoms with van der Waals surface area (Å²) < 4.78 is 1.18. The van der Waals surface area contributed by atoms with Crippen molar-refractivity contribution in [3.05, 3.63) is 91.1 Å². The maximum absolute atomic E-state index is 4.84. The topological polar surface area (TPSA) is 40.9 Å². The Hall–Kier alpha value is -3.57. The molecule has 1 aliphatic heterocycles. The third-order valence-corrected chi connectivity index (χ3v) is 6.20. The van der Waals surface area contributed by atoms with Crippen molar-refractivity contribution >= 4 is 44.9 Å². The summed E-state index contributed by atoms with van der Waals surface area (Å²) in [6.45, 7) is 6.29. The van der Waals surface area contributed by atoms with Crippen molar-refractivity contribution in [1.82, 2.24) is 4.98 Å². The minimum Gasteiger partial charge on any atom is -0.259 e. The van der Waals surface area contributed by atoms with Gasteiger partial charge in [-0.2, -0.15) is 5.10 Å². The molecule has 30 heavy (non-hydrogen) atoms. The zero-order valence-electron chi connectivity index (χ0n) is 16.6. The average Bonchev–Trinajstić information content (AvgIpc) is 3.34. The number of anilines is 1. The predicted octanol–water partition coefficient (Wildman–Crippen LogP) is 6.69. The van der Waals surface area contributed by atoms with E-state index in [2.05, 4.69) is 18.7 Å². The quantitative estimate of drug-likeness (QED) is 0.353. The van der Waals surface area contributed by atoms with Gasteiger partial charge in [-0.3, -0.25) is 4.99 Å². The van der Waals surface area contributed by atoms with Crippen LogP contribution in [0.4, 0.5) is 11.4 Å². The van der Waals surface area contributed by atoms with Crippen LogP contribution < -0.4 is 5.01 Å². The Bertz CT molecular complexity index is 1250. The fourth-order valence-corrected chi connectivity index (χ4v) is 4.55. The van der Waals surface area contributed by atoms with Crippen LogP contribution in [0.15, 0.2) is 101 Å². The molecule has 4 aromatic rings. The van der Waals surface area contributed by atoms with E-state index in [0.717, 1.165) is 38.9 Å². The van der Waals surface area contributed by atoms with Crippen LogP contribution in [0.1, 0.15) is 6.92 Å². The molecule has 0 spiro atoms. The van der Waals surface area contributed by atoms with Gasteiger partial charge in [0, 0.05) is 17.5 Å². The number of aliphatic imine (C=N–C) groups is 1. The van der Waals surface area contributed by atoms with Gasteiger partial charge in [-0.15, -0.1) is 11.3 Å². The van der Waals surface area contributed by atoms with Gasteiger partial charge in [0.05, 0.1) is 33.2 Å². The summed E-state index contributed by atoms with van der Waals surface area (Å²) in [4.78, 5) is 9.64. The third kappa shape index (κ3) is 3.33. The molecule has 0 N–H and O–H groups in total. The van der Waals surface area contributed by atoms with Crippen LogP contribution in [-0.4, -0.2) is 16.9 Å². The summed E-state index contributed by atoms with van der Waals surface area (Å²) >= 11 is 1.69. The van der Waals surface area contributed by atoms with Gasteiger partial charge in [0.25, 0.3) is 0 Å². The first-order chi connectivity index (χ1) is 14.7. The molecule has 1 aliphatic rings. The highest BCUT2D eigenvalue weighted by atomic mass is 32.1. The number of para-hydroxylation sites is 3. The van der Waals surface area contributed by atoms with Gasteiger partial charge in [0.1, 0.15) is 5.01 Å². The van der Waals surface area contributed by atoms with E-state index in [4.69, 9.17) is 15.1 Å². The molecule has 0 bridgehead atoms. The lowest BCUT2D eigenvalue weighted by Crippen LogP contribution is -2.16. The van der Waals surface area contributed by atoms with Gasteiger partial charge >= 0.3 is 0 Å². The van der Waals surface area contributed by atoms with Gasteiger partial charge in [0.2, 0.25) is 0 Å². The van der Waals surface area contributed by atoms with E-state index >= 15 is 0 Å². The second-order valence-electron chi connectivity index (χ2n) is 7.14. The maximum atomic E-state index is 4.84. The number of benzene rings is 3. The van der Waals surface area contributed by atoms with E-state index in [9.17, 15) is 0 Å². The molecule has 1 aromatic heterocycles. The van der Waals surface area contributed by atoms with Gasteiger partial charge in [-0.1, -0.05) is 49.0 Å². The number of allylic oxidation sites excluding steroid dienone is 1. The van der Waals surface area contributed by atoms with Crippen LogP contribution >= 0.6 is 11.3 Å². The molecule has 1 atom stereocenters. The molecule has 2 heterocycles. The Balaban J connectivity index is 1.45. The standard InChI is InChI=1S/C25H20N4S/c1-17-21(18(2)29(28-17)19-10-4-3-5-11-19)16-26-22-13-7-6-12-20(22)25-27-23-14-8-9-15-24(23)30-25/h3-16,21H,2H2,1H3. The monoisotopic (exact) mass is 408 g/mol. The second-order valence-corrected chi connectivity index (χ2v) is 8.17. The van der Waals surface area contributed by atoms with Gasteiger partial charge in [-0.25, -0.2) is 9.99 Å². The molecule has 146 valence electrons. The Morgan fingerprint density at radius 1 is 0.967 bits per heavy atom. The first kappa shape index (κ1) is 18.5. The summed E-state index contributed by atoms with van der Waals surface area (Å²) in [5, 5.41) is 7.56. The highest BCUT2D eigenvalue weighted by molar-refractivity contribution is 7.21. The van der Waals surface area contributed by atoms with Crippen molar-refractivity contribution in [3.8, 4) is 10.6 Å². The van der Waals surface area contributed by atoms with Crippen molar-refractivity contribution in [2.24, 2.45) is 16.0 Å². The zero-order chi connectivity index (χ0) is 20.5. The molecule has 0 aliphatic carbocycles. The van der Waals surface area contributed by atoms with Gasteiger partial charge < -0.3 is 0 Å². The third-order valence-electron chi connectivity index (χ3n) is 5.13. The molecule has 0 saturated carbocycles. The lowest BCUT2D eigenvalue weighted by atomic mass is 10.0. The van der Waals surface area contributed by atoms with Crippen LogP contribution in [0.3, 0.4) is 0 Å². The number of nitrogens with zero attached hydrogens (tertiary/aromatic N) is 4. The summed E-state index contributed by atoms with van der Waals surface area (Å²) in [6, 6.07) is 26.4. The number of thiazole rings is 1. The van der Waals surface area contributed by atoms with Crippen LogP contribution in [0.2, 0.25) is 0 Å². The average molecular weight is 409 g/mol. The van der Waals surface area contributed by atoms with Crippen LogP contribution in [0.5, 0.6) is 0 Å². The molecule has 5 heteroatoms. The largest absolute Gasteiger partial charge is 0.259 e. The summed E-state index contributed by atoms with van der Waals surface area (Å²) in [5.41, 5.74) is 5.84. The van der Waals surface area contributed by atoms with Crippen LogP contribution in [0, 0.1) is 5.92 Å². The first-order valence-electron chi connectivity index (χ1n) is 9.79. The van der Waals surface area contributed by atoms with E-state index < -0.39 is 0 Å². The van der Waals surface area contributed by atoms with E-state index in [1.165, 1.54) is 4.70 Å². The lowest BCUT2D eigenvalue weighted by Gasteiger charge is -2.17. The van der Waals surface area contributed by atoms with Crippen molar-refractivity contribution in [2.45, 2.75) is 6.92 Å². The smallest absolute Gasteiger partial charge is 0.126 e. The van der Waals surface area contributed by atoms with Gasteiger partial charge in [-0.05, 0) is 43.3 Å². The Morgan fingerprint density at radius 2 is 1.70 bits per heavy atom. The molecule has 1 unspecified atom stereocenters. The molecule has 4 nitrogen and oxygen atoms in total. The Morgan fingerprint density at radius 3 is 2.53 bits per heavy atom. The predicted molar refractivity (Wildman–Crippen MR) is 128 cm³/mol. The molecule has 0 radical (unpaired) electrons. The molecule has 3 aromatic carbocycles. The number of fused-ring (bicyclic) bond motifs is 1. The molecular formula is C25H20N4S. The van der Waals surface area contributed by atoms with Crippen molar-refractivity contribution in [2.75, 3.05) is 5.01 Å². The number of hydrazone groups is 1. The Kier molecular flexibility index (Phi) is 4.73. The number of aromatic nitrogens is 1. The molecule has 0 amide bonds. The second kappa shape index (κ2) is 7.69. The minimum atomic E-state index is -0.0337. The lowest BCUT2D eigenvalue weighted by molar-refractivity contribution is 1.00. The summed E-state index contributed by atoms with van der Waals surface area (Å²) in [6.07, 6.45) is 1.94. The number of rotatable bonds is 4. The fourth-order valence-electron chi connectivity index (χ4n) is 3.55.